The zero-order chi connectivity index (χ0) is 14.0. The number of carboxylic acids is 1. The number of halogens is 1. The summed E-state index contributed by atoms with van der Waals surface area (Å²) in [6.07, 6.45) is 1.22. The number of H-pyrrole nitrogens is 1. The molecule has 1 heterocycles. The third-order valence-corrected chi connectivity index (χ3v) is 3.11. The van der Waals surface area contributed by atoms with Crippen molar-refractivity contribution in [3.05, 3.63) is 50.5 Å². The molecule has 2 aromatic rings. The highest BCUT2D eigenvalue weighted by molar-refractivity contribution is 9.10. The summed E-state index contributed by atoms with van der Waals surface area (Å²) in [7, 11) is 0. The van der Waals surface area contributed by atoms with Crippen molar-refractivity contribution in [1.82, 2.24) is 9.97 Å². The van der Waals surface area contributed by atoms with E-state index in [2.05, 4.69) is 25.9 Å². The molecule has 0 atom stereocenters. The fraction of sp³-hybridized carbons (Fsp3) is 0.0833. The number of hydrogen-bond donors (Lipinski definition) is 2. The van der Waals surface area contributed by atoms with Crippen molar-refractivity contribution in [3.8, 4) is 11.6 Å². The second-order valence-electron chi connectivity index (χ2n) is 3.73. The topological polar surface area (TPSA) is 92.3 Å². The first-order valence-corrected chi connectivity index (χ1v) is 6.03. The number of nitrogens with zero attached hydrogens (tertiary/aromatic N) is 1. The fourth-order valence-electron chi connectivity index (χ4n) is 1.49. The predicted octanol–water partition coefficient (Wildman–Crippen LogP) is 2.33. The van der Waals surface area contributed by atoms with Crippen LogP contribution >= 0.6 is 15.9 Å². The van der Waals surface area contributed by atoms with Crippen molar-refractivity contribution in [2.75, 3.05) is 0 Å². The van der Waals surface area contributed by atoms with Crippen molar-refractivity contribution < 1.29 is 14.6 Å². The normalized spacial score (nSPS) is 10.2. The van der Waals surface area contributed by atoms with Crippen LogP contribution in [0, 0.1) is 6.92 Å². The van der Waals surface area contributed by atoms with Crippen LogP contribution in [-0.2, 0) is 0 Å². The van der Waals surface area contributed by atoms with E-state index in [9.17, 15) is 9.59 Å². The van der Waals surface area contributed by atoms with Crippen molar-refractivity contribution in [3.63, 3.8) is 0 Å². The number of rotatable bonds is 3. The average Bonchev–Trinajstić information content (AvgIpc) is 2.34. The molecule has 0 fully saturated rings. The van der Waals surface area contributed by atoms with Crippen molar-refractivity contribution in [2.24, 2.45) is 0 Å². The molecule has 0 unspecified atom stereocenters. The Morgan fingerprint density at radius 1 is 1.47 bits per heavy atom. The number of benzene rings is 1. The van der Waals surface area contributed by atoms with E-state index < -0.39 is 5.97 Å². The molecule has 7 heteroatoms. The number of carboxylic acid groups (broad SMARTS) is 1. The molecule has 0 amide bonds. The third kappa shape index (κ3) is 2.82. The first-order valence-electron chi connectivity index (χ1n) is 5.24. The Hall–Kier alpha value is -2.15. The fourth-order valence-corrected chi connectivity index (χ4v) is 1.79. The van der Waals surface area contributed by atoms with E-state index in [1.165, 1.54) is 18.5 Å². The van der Waals surface area contributed by atoms with Gasteiger partial charge in [-0.1, -0.05) is 0 Å². The summed E-state index contributed by atoms with van der Waals surface area (Å²) in [5, 5.41) is 8.92. The van der Waals surface area contributed by atoms with Crippen LogP contribution in [0.2, 0.25) is 0 Å². The molecule has 0 aliphatic heterocycles. The quantitative estimate of drug-likeness (QED) is 0.903. The Kier molecular flexibility index (Phi) is 3.66. The first kappa shape index (κ1) is 13.3. The number of nitrogens with one attached hydrogen (secondary N) is 1. The van der Waals surface area contributed by atoms with E-state index in [1.54, 1.807) is 13.0 Å². The molecule has 98 valence electrons. The Bertz CT molecular complexity index is 696. The van der Waals surface area contributed by atoms with Gasteiger partial charge in [0.2, 0.25) is 5.88 Å². The van der Waals surface area contributed by atoms with Crippen LogP contribution in [0.15, 0.2) is 33.8 Å². The van der Waals surface area contributed by atoms with Crippen molar-refractivity contribution in [1.29, 1.82) is 0 Å². The van der Waals surface area contributed by atoms with Gasteiger partial charge in [-0.2, -0.15) is 0 Å². The van der Waals surface area contributed by atoms with E-state index in [-0.39, 0.29) is 21.5 Å². The molecule has 0 spiro atoms. The first-order chi connectivity index (χ1) is 8.99. The van der Waals surface area contributed by atoms with E-state index in [1.807, 2.05) is 0 Å². The van der Waals surface area contributed by atoms with Gasteiger partial charge < -0.3 is 14.8 Å². The Morgan fingerprint density at radius 3 is 2.84 bits per heavy atom. The Labute approximate surface area is 116 Å². The van der Waals surface area contributed by atoms with Gasteiger partial charge in [-0.25, -0.2) is 9.78 Å². The number of aromatic carboxylic acids is 1. The lowest BCUT2D eigenvalue weighted by molar-refractivity contribution is 0.0696. The number of aromatic amines is 1. The minimum absolute atomic E-state index is 0.117. The third-order valence-electron chi connectivity index (χ3n) is 2.41. The highest BCUT2D eigenvalue weighted by Crippen LogP contribution is 2.25. The summed E-state index contributed by atoms with van der Waals surface area (Å²) in [6, 6.07) is 4.51. The monoisotopic (exact) mass is 324 g/mol. The summed E-state index contributed by atoms with van der Waals surface area (Å²) in [6.45, 7) is 1.66. The molecule has 2 N–H and O–H groups in total. The lowest BCUT2D eigenvalue weighted by Gasteiger charge is -2.07. The highest BCUT2D eigenvalue weighted by Gasteiger charge is 2.11. The highest BCUT2D eigenvalue weighted by atomic mass is 79.9. The van der Waals surface area contributed by atoms with Crippen LogP contribution in [0.4, 0.5) is 0 Å². The van der Waals surface area contributed by atoms with Gasteiger partial charge in [0.15, 0.2) is 0 Å². The summed E-state index contributed by atoms with van der Waals surface area (Å²) < 4.78 is 5.61. The number of ether oxygens (including phenoxy) is 1. The van der Waals surface area contributed by atoms with Crippen LogP contribution in [0.25, 0.3) is 0 Å². The van der Waals surface area contributed by atoms with Crippen LogP contribution < -0.4 is 10.3 Å². The second-order valence-corrected chi connectivity index (χ2v) is 4.53. The summed E-state index contributed by atoms with van der Waals surface area (Å²) in [4.78, 5) is 28.5. The minimum Gasteiger partial charge on any atom is -0.478 e. The van der Waals surface area contributed by atoms with Gasteiger partial charge in [0.05, 0.1) is 11.9 Å². The molecule has 2 rings (SSSR count). The molecule has 0 saturated heterocycles. The maximum absolute atomic E-state index is 11.3. The lowest BCUT2D eigenvalue weighted by atomic mass is 10.1. The van der Waals surface area contributed by atoms with Gasteiger partial charge in [-0.05, 0) is 46.6 Å². The average molecular weight is 325 g/mol. The van der Waals surface area contributed by atoms with Crippen LogP contribution in [0.1, 0.15) is 15.9 Å². The molecule has 0 bridgehead atoms. The maximum Gasteiger partial charge on any atom is 0.335 e. The predicted molar refractivity (Wildman–Crippen MR) is 70.8 cm³/mol. The van der Waals surface area contributed by atoms with Gasteiger partial charge in [0.25, 0.3) is 5.56 Å². The number of carbonyl (C=O) groups is 1. The smallest absolute Gasteiger partial charge is 0.335 e. The van der Waals surface area contributed by atoms with Gasteiger partial charge in [-0.3, -0.25) is 4.79 Å². The lowest BCUT2D eigenvalue weighted by Crippen LogP contribution is -2.08. The largest absolute Gasteiger partial charge is 0.478 e. The maximum atomic E-state index is 11.3. The van der Waals surface area contributed by atoms with Crippen LogP contribution in [0.5, 0.6) is 11.6 Å². The number of aromatic nitrogens is 2. The second kappa shape index (κ2) is 5.23. The molecule has 0 aliphatic rings. The number of aryl methyl sites for hydroxylation is 1. The summed E-state index contributed by atoms with van der Waals surface area (Å²) >= 11 is 3.07. The molecule has 1 aromatic heterocycles. The van der Waals surface area contributed by atoms with Crippen molar-refractivity contribution in [2.45, 2.75) is 6.92 Å². The molecule has 0 saturated carbocycles. The molecule has 6 nitrogen and oxygen atoms in total. The van der Waals surface area contributed by atoms with Crippen molar-refractivity contribution >= 4 is 21.9 Å². The van der Waals surface area contributed by atoms with E-state index >= 15 is 0 Å². The molecule has 19 heavy (non-hydrogen) atoms. The Balaban J connectivity index is 2.34. The minimum atomic E-state index is -1.00. The van der Waals surface area contributed by atoms with E-state index in [4.69, 9.17) is 9.84 Å². The van der Waals surface area contributed by atoms with Crippen LogP contribution in [-0.4, -0.2) is 21.0 Å². The van der Waals surface area contributed by atoms with E-state index in [0.29, 0.717) is 11.3 Å². The molecule has 0 radical (unpaired) electrons. The molecule has 1 aromatic carbocycles. The molecular formula is C12H9BrN2O4. The Morgan fingerprint density at radius 2 is 2.21 bits per heavy atom. The van der Waals surface area contributed by atoms with Gasteiger partial charge in [-0.15, -0.1) is 0 Å². The standard InChI is InChI=1S/C12H9BrN2O4/c1-6-4-7(2-3-8(6)12(17)18)19-11-9(13)10(16)14-5-15-11/h2-5H,1H3,(H,17,18)(H,14,15,16). The summed E-state index contributed by atoms with van der Waals surface area (Å²) in [5.41, 5.74) is 0.403. The zero-order valence-corrected chi connectivity index (χ0v) is 11.4. The number of hydrogen-bond acceptors (Lipinski definition) is 4. The van der Waals surface area contributed by atoms with Gasteiger partial charge >= 0.3 is 5.97 Å². The van der Waals surface area contributed by atoms with E-state index in [0.717, 1.165) is 0 Å². The van der Waals surface area contributed by atoms with Gasteiger partial charge in [0.1, 0.15) is 10.2 Å². The SMILES string of the molecule is Cc1cc(Oc2nc[nH]c(=O)c2Br)ccc1C(=O)O. The molecule has 0 aliphatic carbocycles. The van der Waals surface area contributed by atoms with Gasteiger partial charge in [0, 0.05) is 0 Å². The summed E-state index contributed by atoms with van der Waals surface area (Å²) in [5.74, 6) is -0.480. The van der Waals surface area contributed by atoms with Crippen LogP contribution in [0.3, 0.4) is 0 Å². The molecular weight excluding hydrogens is 316 g/mol. The zero-order valence-electron chi connectivity index (χ0n) is 9.81.